The number of ether oxygens (including phenoxy) is 5. The van der Waals surface area contributed by atoms with Crippen LogP contribution in [0.1, 0.15) is 194 Å². The Hall–Kier alpha value is -0.200. The molecule has 2 heterocycles. The van der Waals surface area contributed by atoms with E-state index in [0.29, 0.717) is 0 Å². The fourth-order valence-electron chi connectivity index (χ4n) is 6.02. The van der Waals surface area contributed by atoms with Gasteiger partial charge in [-0.2, -0.15) is 0 Å². The number of epoxide rings is 2. The van der Waals surface area contributed by atoms with Gasteiger partial charge < -0.3 is 23.7 Å². The molecule has 0 aliphatic carbocycles. The van der Waals surface area contributed by atoms with E-state index in [1.807, 2.05) is 0 Å². The predicted octanol–water partition coefficient (Wildman–Crippen LogP) is 11.4. The Labute approximate surface area is 268 Å². The van der Waals surface area contributed by atoms with Gasteiger partial charge in [0.2, 0.25) is 0 Å². The van der Waals surface area contributed by atoms with Crippen molar-refractivity contribution in [3.63, 3.8) is 0 Å². The van der Waals surface area contributed by atoms with E-state index >= 15 is 0 Å². The van der Waals surface area contributed by atoms with E-state index in [-0.39, 0.29) is 24.8 Å². The van der Waals surface area contributed by atoms with Crippen molar-refractivity contribution in [3.05, 3.63) is 0 Å². The molecular weight excluding hydrogens is 536 g/mol. The SMILES string of the molecule is CCCCCCCCCCCCCCCCOC(OC(OCCCCCCCCCCCCCCCC)C1CO1)C1CO1. The molecule has 0 bridgehead atoms. The maximum Gasteiger partial charge on any atom is 0.189 e. The molecule has 43 heavy (non-hydrogen) atoms. The average molecular weight is 611 g/mol. The third-order valence-corrected chi connectivity index (χ3v) is 9.15. The van der Waals surface area contributed by atoms with Gasteiger partial charge in [-0.05, 0) is 12.8 Å². The lowest BCUT2D eigenvalue weighted by Crippen LogP contribution is -2.34. The lowest BCUT2D eigenvalue weighted by molar-refractivity contribution is -0.256. The van der Waals surface area contributed by atoms with Gasteiger partial charge in [-0.1, -0.05) is 181 Å². The molecule has 0 aromatic rings. The Bertz CT molecular complexity index is 517. The number of unbranched alkanes of at least 4 members (excludes halogenated alkanes) is 26. The molecule has 5 heteroatoms. The van der Waals surface area contributed by atoms with Gasteiger partial charge in [0, 0.05) is 13.2 Å². The molecule has 0 amide bonds. The highest BCUT2D eigenvalue weighted by molar-refractivity contribution is 4.79. The first-order valence-electron chi connectivity index (χ1n) is 19.5. The van der Waals surface area contributed by atoms with Crippen LogP contribution in [0.15, 0.2) is 0 Å². The fraction of sp³-hybridized carbons (Fsp3) is 1.00. The quantitative estimate of drug-likeness (QED) is 0.0401. The van der Waals surface area contributed by atoms with Gasteiger partial charge in [0.15, 0.2) is 12.6 Å². The minimum absolute atomic E-state index is 0.0533. The highest BCUT2D eigenvalue weighted by Gasteiger charge is 2.42. The summed E-state index contributed by atoms with van der Waals surface area (Å²) in [6.45, 7) is 7.50. The molecule has 256 valence electrons. The summed E-state index contributed by atoms with van der Waals surface area (Å²) in [5.74, 6) is 0. The normalized spacial score (nSPS) is 19.1. The molecular formula is C38H74O5. The van der Waals surface area contributed by atoms with Crippen LogP contribution in [0.5, 0.6) is 0 Å². The summed E-state index contributed by atoms with van der Waals surface area (Å²) in [4.78, 5) is 0. The molecule has 2 saturated heterocycles. The van der Waals surface area contributed by atoms with Crippen molar-refractivity contribution in [2.45, 2.75) is 218 Å². The van der Waals surface area contributed by atoms with Gasteiger partial charge in [-0.3, -0.25) is 0 Å². The van der Waals surface area contributed by atoms with Crippen LogP contribution in [0.3, 0.4) is 0 Å². The monoisotopic (exact) mass is 611 g/mol. The van der Waals surface area contributed by atoms with Crippen LogP contribution in [0, 0.1) is 0 Å². The van der Waals surface area contributed by atoms with Crippen molar-refractivity contribution in [1.29, 1.82) is 0 Å². The molecule has 0 saturated carbocycles. The number of hydrogen-bond donors (Lipinski definition) is 0. The predicted molar refractivity (Wildman–Crippen MR) is 181 cm³/mol. The second kappa shape index (κ2) is 29.2. The summed E-state index contributed by atoms with van der Waals surface area (Å²) in [6, 6.07) is 0. The zero-order valence-corrected chi connectivity index (χ0v) is 29.0. The molecule has 2 aliphatic rings. The second-order valence-electron chi connectivity index (χ2n) is 13.6. The van der Waals surface area contributed by atoms with E-state index in [0.717, 1.165) is 39.3 Å². The van der Waals surface area contributed by atoms with E-state index in [1.165, 1.54) is 167 Å². The minimum atomic E-state index is -0.326. The highest BCUT2D eigenvalue weighted by Crippen LogP contribution is 2.26. The Morgan fingerprint density at radius 2 is 0.628 bits per heavy atom. The molecule has 4 unspecified atom stereocenters. The Morgan fingerprint density at radius 3 is 0.860 bits per heavy atom. The molecule has 5 nitrogen and oxygen atoms in total. The molecule has 0 aromatic carbocycles. The van der Waals surface area contributed by atoms with Crippen LogP contribution in [0.4, 0.5) is 0 Å². The zero-order valence-electron chi connectivity index (χ0n) is 29.0. The van der Waals surface area contributed by atoms with E-state index < -0.39 is 0 Å². The van der Waals surface area contributed by atoms with E-state index in [4.69, 9.17) is 23.7 Å². The molecule has 2 rings (SSSR count). The van der Waals surface area contributed by atoms with E-state index in [1.54, 1.807) is 0 Å². The molecule has 2 aliphatic heterocycles. The molecule has 0 N–H and O–H groups in total. The van der Waals surface area contributed by atoms with Gasteiger partial charge in [0.05, 0.1) is 13.2 Å². The second-order valence-corrected chi connectivity index (χ2v) is 13.6. The molecule has 0 aromatic heterocycles. The first-order chi connectivity index (χ1) is 21.3. The smallest absolute Gasteiger partial charge is 0.189 e. The topological polar surface area (TPSA) is 52.8 Å². The summed E-state index contributed by atoms with van der Waals surface area (Å²) < 4.78 is 29.6. The molecule has 0 spiro atoms. The lowest BCUT2D eigenvalue weighted by atomic mass is 10.0. The minimum Gasteiger partial charge on any atom is -0.368 e. The van der Waals surface area contributed by atoms with Crippen LogP contribution in [-0.4, -0.2) is 51.2 Å². The standard InChI is InChI=1S/C38H74O5/c1-3-5-7-9-11-13-15-17-19-21-23-25-27-29-31-39-37(35-33-41-35)43-38(36-34-42-36)40-32-30-28-26-24-22-20-18-16-14-12-10-8-6-4-2/h35-38H,3-34H2,1-2H3. The van der Waals surface area contributed by atoms with Crippen LogP contribution >= 0.6 is 0 Å². The Kier molecular flexibility index (Phi) is 26.5. The maximum atomic E-state index is 6.24. The maximum absolute atomic E-state index is 6.24. The van der Waals surface area contributed by atoms with Crippen molar-refractivity contribution in [2.24, 2.45) is 0 Å². The lowest BCUT2D eigenvalue weighted by Gasteiger charge is -2.23. The van der Waals surface area contributed by atoms with Crippen LogP contribution in [-0.2, 0) is 23.7 Å². The summed E-state index contributed by atoms with van der Waals surface area (Å²) in [6.07, 6.45) is 37.8. The van der Waals surface area contributed by atoms with Crippen molar-refractivity contribution in [1.82, 2.24) is 0 Å². The molecule has 2 fully saturated rings. The van der Waals surface area contributed by atoms with Gasteiger partial charge in [-0.15, -0.1) is 0 Å². The third kappa shape index (κ3) is 24.7. The summed E-state index contributed by atoms with van der Waals surface area (Å²) >= 11 is 0. The Morgan fingerprint density at radius 1 is 0.395 bits per heavy atom. The van der Waals surface area contributed by atoms with Crippen molar-refractivity contribution >= 4 is 0 Å². The Balaban J connectivity index is 1.37. The van der Waals surface area contributed by atoms with Crippen LogP contribution in [0.2, 0.25) is 0 Å². The van der Waals surface area contributed by atoms with Crippen molar-refractivity contribution < 1.29 is 23.7 Å². The van der Waals surface area contributed by atoms with Crippen LogP contribution in [0.25, 0.3) is 0 Å². The molecule has 0 radical (unpaired) electrons. The van der Waals surface area contributed by atoms with Gasteiger partial charge in [-0.25, -0.2) is 0 Å². The fourth-order valence-corrected chi connectivity index (χ4v) is 6.02. The average Bonchev–Trinajstić information content (AvgIpc) is 3.94. The first-order valence-corrected chi connectivity index (χ1v) is 19.5. The summed E-state index contributed by atoms with van der Waals surface area (Å²) in [7, 11) is 0. The zero-order chi connectivity index (χ0) is 30.5. The van der Waals surface area contributed by atoms with Gasteiger partial charge in [0.1, 0.15) is 12.2 Å². The summed E-state index contributed by atoms with van der Waals surface area (Å²) in [5, 5.41) is 0. The first kappa shape index (κ1) is 39.0. The summed E-state index contributed by atoms with van der Waals surface area (Å²) in [5.41, 5.74) is 0. The van der Waals surface area contributed by atoms with E-state index in [9.17, 15) is 0 Å². The van der Waals surface area contributed by atoms with Crippen molar-refractivity contribution in [2.75, 3.05) is 26.4 Å². The number of rotatable bonds is 36. The largest absolute Gasteiger partial charge is 0.368 e. The number of hydrogen-bond acceptors (Lipinski definition) is 5. The molecule has 4 atom stereocenters. The van der Waals surface area contributed by atoms with Crippen molar-refractivity contribution in [3.8, 4) is 0 Å². The van der Waals surface area contributed by atoms with Gasteiger partial charge >= 0.3 is 0 Å². The van der Waals surface area contributed by atoms with Crippen LogP contribution < -0.4 is 0 Å². The third-order valence-electron chi connectivity index (χ3n) is 9.15. The van der Waals surface area contributed by atoms with E-state index in [2.05, 4.69) is 13.8 Å². The van der Waals surface area contributed by atoms with Gasteiger partial charge in [0.25, 0.3) is 0 Å². The highest BCUT2D eigenvalue weighted by atomic mass is 16.8.